The van der Waals surface area contributed by atoms with Gasteiger partial charge in [-0.2, -0.15) is 5.10 Å². The van der Waals surface area contributed by atoms with Crippen molar-refractivity contribution in [3.63, 3.8) is 0 Å². The highest BCUT2D eigenvalue weighted by atomic mass is 16.5. The van der Waals surface area contributed by atoms with Crippen molar-refractivity contribution in [2.45, 2.75) is 79.0 Å². The minimum Gasteiger partial charge on any atom is -0.374 e. The third kappa shape index (κ3) is 4.55. The zero-order chi connectivity index (χ0) is 15.9. The summed E-state index contributed by atoms with van der Waals surface area (Å²) in [6, 6.07) is 2.55. The van der Waals surface area contributed by atoms with E-state index in [0.29, 0.717) is 6.04 Å². The maximum atomic E-state index is 6.08. The largest absolute Gasteiger partial charge is 0.374 e. The summed E-state index contributed by atoms with van der Waals surface area (Å²) in [5.41, 5.74) is 2.34. The van der Waals surface area contributed by atoms with Gasteiger partial charge < -0.3 is 10.1 Å². The van der Waals surface area contributed by atoms with Crippen molar-refractivity contribution in [2.24, 2.45) is 0 Å². The van der Waals surface area contributed by atoms with Crippen LogP contribution in [0.4, 0.5) is 0 Å². The van der Waals surface area contributed by atoms with Crippen LogP contribution >= 0.6 is 0 Å². The third-order valence-corrected chi connectivity index (χ3v) is 4.35. The van der Waals surface area contributed by atoms with E-state index in [-0.39, 0.29) is 5.60 Å². The summed E-state index contributed by atoms with van der Waals surface area (Å²) < 4.78 is 8.21. The van der Waals surface area contributed by atoms with Gasteiger partial charge in [-0.25, -0.2) is 0 Å². The van der Waals surface area contributed by atoms with Gasteiger partial charge in [-0.3, -0.25) is 4.68 Å². The topological polar surface area (TPSA) is 39.1 Å². The molecule has 1 aromatic heterocycles. The number of hydrogen-bond acceptors (Lipinski definition) is 3. The number of ether oxygens (including phenoxy) is 1. The molecule has 0 amide bonds. The number of nitrogens with one attached hydrogen (secondary N) is 1. The van der Waals surface area contributed by atoms with Gasteiger partial charge in [-0.15, -0.1) is 0 Å². The maximum absolute atomic E-state index is 6.08. The van der Waals surface area contributed by atoms with Gasteiger partial charge in [0, 0.05) is 31.3 Å². The Morgan fingerprint density at radius 2 is 2.00 bits per heavy atom. The molecule has 4 nitrogen and oxygen atoms in total. The molecule has 0 radical (unpaired) electrons. The SMILES string of the molecule is CCNC(Cc1cc(CC)nn1CC)C(C)(CC)OCC. The van der Waals surface area contributed by atoms with Crippen LogP contribution in [0.2, 0.25) is 0 Å². The van der Waals surface area contributed by atoms with E-state index in [1.54, 1.807) is 0 Å². The number of likely N-dealkylation sites (N-methyl/N-ethyl adjacent to an activating group) is 1. The van der Waals surface area contributed by atoms with Crippen molar-refractivity contribution in [1.29, 1.82) is 0 Å². The summed E-state index contributed by atoms with van der Waals surface area (Å²) in [4.78, 5) is 0. The van der Waals surface area contributed by atoms with E-state index in [4.69, 9.17) is 4.74 Å². The Kier molecular flexibility index (Phi) is 7.40. The molecule has 0 saturated heterocycles. The maximum Gasteiger partial charge on any atom is 0.0807 e. The summed E-state index contributed by atoms with van der Waals surface area (Å²) in [5, 5.41) is 8.28. The molecule has 0 aliphatic carbocycles. The Morgan fingerprint density at radius 3 is 2.48 bits per heavy atom. The second-order valence-corrected chi connectivity index (χ2v) is 5.71. The fourth-order valence-electron chi connectivity index (χ4n) is 2.86. The molecule has 1 rings (SSSR count). The number of nitrogens with zero attached hydrogens (tertiary/aromatic N) is 2. The van der Waals surface area contributed by atoms with E-state index < -0.39 is 0 Å². The van der Waals surface area contributed by atoms with Crippen LogP contribution < -0.4 is 5.32 Å². The predicted molar refractivity (Wildman–Crippen MR) is 88.8 cm³/mol. The lowest BCUT2D eigenvalue weighted by atomic mass is 9.89. The molecule has 21 heavy (non-hydrogen) atoms. The van der Waals surface area contributed by atoms with Crippen LogP contribution in [-0.2, 0) is 24.1 Å². The Labute approximate surface area is 130 Å². The van der Waals surface area contributed by atoms with Crippen LogP contribution in [0.1, 0.15) is 59.4 Å². The third-order valence-electron chi connectivity index (χ3n) is 4.35. The zero-order valence-electron chi connectivity index (χ0n) is 14.7. The van der Waals surface area contributed by atoms with E-state index in [9.17, 15) is 0 Å². The van der Waals surface area contributed by atoms with Gasteiger partial charge in [0.05, 0.1) is 11.3 Å². The summed E-state index contributed by atoms with van der Waals surface area (Å²) in [6.07, 6.45) is 2.95. The van der Waals surface area contributed by atoms with Gasteiger partial charge in [0.2, 0.25) is 0 Å². The van der Waals surface area contributed by atoms with Crippen LogP contribution in [0.25, 0.3) is 0 Å². The molecule has 0 saturated carbocycles. The minimum absolute atomic E-state index is 0.139. The smallest absolute Gasteiger partial charge is 0.0807 e. The molecular formula is C17H33N3O. The fourth-order valence-corrected chi connectivity index (χ4v) is 2.86. The van der Waals surface area contributed by atoms with Crippen molar-refractivity contribution >= 4 is 0 Å². The molecule has 0 bridgehead atoms. The van der Waals surface area contributed by atoms with Crippen molar-refractivity contribution in [1.82, 2.24) is 15.1 Å². The summed E-state index contributed by atoms with van der Waals surface area (Å²) >= 11 is 0. The minimum atomic E-state index is -0.139. The first-order chi connectivity index (χ1) is 10.0. The van der Waals surface area contributed by atoms with Gasteiger partial charge in [-0.05, 0) is 46.2 Å². The summed E-state index contributed by atoms with van der Waals surface area (Å²) in [6.45, 7) is 15.6. The Balaban J connectivity index is 2.99. The van der Waals surface area contributed by atoms with Crippen LogP contribution in [-0.4, -0.2) is 34.6 Å². The lowest BCUT2D eigenvalue weighted by molar-refractivity contribution is -0.0550. The van der Waals surface area contributed by atoms with Gasteiger partial charge in [0.15, 0.2) is 0 Å². The van der Waals surface area contributed by atoms with E-state index >= 15 is 0 Å². The van der Waals surface area contributed by atoms with Crippen LogP contribution in [0.15, 0.2) is 6.07 Å². The van der Waals surface area contributed by atoms with Gasteiger partial charge in [0.1, 0.15) is 0 Å². The number of rotatable bonds is 10. The Morgan fingerprint density at radius 1 is 1.29 bits per heavy atom. The molecule has 1 aromatic rings. The number of aromatic nitrogens is 2. The molecule has 2 unspecified atom stereocenters. The van der Waals surface area contributed by atoms with Crippen LogP contribution in [0.3, 0.4) is 0 Å². The monoisotopic (exact) mass is 295 g/mol. The predicted octanol–water partition coefficient (Wildman–Crippen LogP) is 3.19. The van der Waals surface area contributed by atoms with Gasteiger partial charge in [-0.1, -0.05) is 20.8 Å². The molecule has 0 aromatic carbocycles. The molecule has 0 spiro atoms. The molecule has 0 fully saturated rings. The first-order valence-electron chi connectivity index (χ1n) is 8.47. The lowest BCUT2D eigenvalue weighted by Crippen LogP contribution is -2.51. The highest BCUT2D eigenvalue weighted by molar-refractivity contribution is 5.13. The molecule has 1 N–H and O–H groups in total. The van der Waals surface area contributed by atoms with E-state index in [1.165, 1.54) is 11.4 Å². The zero-order valence-corrected chi connectivity index (χ0v) is 14.7. The second kappa shape index (κ2) is 8.54. The van der Waals surface area contributed by atoms with Crippen LogP contribution in [0.5, 0.6) is 0 Å². The Bertz CT molecular complexity index is 416. The van der Waals surface area contributed by atoms with Crippen molar-refractivity contribution in [3.05, 3.63) is 17.5 Å². The quantitative estimate of drug-likeness (QED) is 0.720. The van der Waals surface area contributed by atoms with Crippen molar-refractivity contribution in [2.75, 3.05) is 13.2 Å². The molecule has 0 aliphatic rings. The normalized spacial score (nSPS) is 15.9. The number of hydrogen-bond donors (Lipinski definition) is 1. The molecule has 2 atom stereocenters. The second-order valence-electron chi connectivity index (χ2n) is 5.71. The van der Waals surface area contributed by atoms with Crippen molar-refractivity contribution in [3.8, 4) is 0 Å². The standard InChI is InChI=1S/C17H33N3O/c1-7-14-12-15(20(10-4)19-14)13-16(18-9-3)17(6,8-2)21-11-5/h12,16,18H,7-11,13H2,1-6H3. The van der Waals surface area contributed by atoms with Crippen molar-refractivity contribution < 1.29 is 4.74 Å². The summed E-state index contributed by atoms with van der Waals surface area (Å²) in [5.74, 6) is 0. The fraction of sp³-hybridized carbons (Fsp3) is 0.824. The van der Waals surface area contributed by atoms with E-state index in [2.05, 4.69) is 62.7 Å². The molecular weight excluding hydrogens is 262 g/mol. The molecule has 4 heteroatoms. The first kappa shape index (κ1) is 18.2. The molecule has 122 valence electrons. The molecule has 0 aliphatic heterocycles. The summed E-state index contributed by atoms with van der Waals surface area (Å²) in [7, 11) is 0. The van der Waals surface area contributed by atoms with E-state index in [1.807, 2.05) is 0 Å². The van der Waals surface area contributed by atoms with Gasteiger partial charge in [0.25, 0.3) is 0 Å². The average Bonchev–Trinajstić information content (AvgIpc) is 2.89. The lowest BCUT2D eigenvalue weighted by Gasteiger charge is -2.37. The highest BCUT2D eigenvalue weighted by Crippen LogP contribution is 2.24. The first-order valence-corrected chi connectivity index (χ1v) is 8.47. The molecule has 1 heterocycles. The van der Waals surface area contributed by atoms with E-state index in [0.717, 1.165) is 39.0 Å². The Hall–Kier alpha value is -0.870. The number of aryl methyl sites for hydroxylation is 2. The average molecular weight is 295 g/mol. The van der Waals surface area contributed by atoms with Gasteiger partial charge >= 0.3 is 0 Å². The van der Waals surface area contributed by atoms with Crippen LogP contribution in [0, 0.1) is 0 Å². The highest BCUT2D eigenvalue weighted by Gasteiger charge is 2.33.